The zero-order valence-corrected chi connectivity index (χ0v) is 11.4. The van der Waals surface area contributed by atoms with Gasteiger partial charge in [0, 0.05) is 6.54 Å². The highest BCUT2D eigenvalue weighted by atomic mass is 14.9. The molecule has 2 rings (SSSR count). The van der Waals surface area contributed by atoms with E-state index in [4.69, 9.17) is 0 Å². The predicted octanol–water partition coefficient (Wildman–Crippen LogP) is 4.10. The summed E-state index contributed by atoms with van der Waals surface area (Å²) in [7, 11) is 0. The Balaban J connectivity index is 1.98. The van der Waals surface area contributed by atoms with Crippen LogP contribution in [0.25, 0.3) is 0 Å². The van der Waals surface area contributed by atoms with Gasteiger partial charge in [-0.05, 0) is 43.2 Å². The van der Waals surface area contributed by atoms with Crippen LogP contribution >= 0.6 is 0 Å². The Bertz CT molecular complexity index is 445. The summed E-state index contributed by atoms with van der Waals surface area (Å²) in [5.74, 6) is 1.62. The molecule has 1 aromatic rings. The quantitative estimate of drug-likeness (QED) is 0.866. The highest BCUT2D eigenvalue weighted by Gasteiger charge is 2.18. The largest absolute Gasteiger partial charge is 0.384 e. The number of aryl methyl sites for hydroxylation is 1. The number of nitrogens with zero attached hydrogens (tertiary/aromatic N) is 1. The van der Waals surface area contributed by atoms with Crippen molar-refractivity contribution in [1.82, 2.24) is 0 Å². The van der Waals surface area contributed by atoms with Gasteiger partial charge in [0.25, 0.3) is 0 Å². The zero-order valence-electron chi connectivity index (χ0n) is 11.4. The van der Waals surface area contributed by atoms with Crippen LogP contribution in [0.2, 0.25) is 0 Å². The molecule has 0 heterocycles. The molecule has 0 aromatic heterocycles. The van der Waals surface area contributed by atoms with E-state index < -0.39 is 0 Å². The summed E-state index contributed by atoms with van der Waals surface area (Å²) in [6, 6.07) is 8.32. The zero-order chi connectivity index (χ0) is 13.0. The molecule has 18 heavy (non-hydrogen) atoms. The fraction of sp³-hybridized carbons (Fsp3) is 0.562. The first-order chi connectivity index (χ1) is 8.70. The van der Waals surface area contributed by atoms with Gasteiger partial charge in [-0.2, -0.15) is 5.26 Å². The summed E-state index contributed by atoms with van der Waals surface area (Å²) in [5.41, 5.74) is 2.84. The molecule has 2 unspecified atom stereocenters. The number of benzene rings is 1. The van der Waals surface area contributed by atoms with Gasteiger partial charge in [0.15, 0.2) is 0 Å². The molecule has 1 N–H and O–H groups in total. The van der Waals surface area contributed by atoms with E-state index in [2.05, 4.69) is 18.3 Å². The Morgan fingerprint density at radius 1 is 1.39 bits per heavy atom. The van der Waals surface area contributed by atoms with Crippen molar-refractivity contribution in [2.45, 2.75) is 39.5 Å². The number of nitriles is 1. The van der Waals surface area contributed by atoms with Gasteiger partial charge in [0.1, 0.15) is 6.07 Å². The maximum atomic E-state index is 9.19. The number of hydrogen-bond acceptors (Lipinski definition) is 2. The molecule has 1 aliphatic rings. The molecule has 0 radical (unpaired) electrons. The minimum absolute atomic E-state index is 0.765. The summed E-state index contributed by atoms with van der Waals surface area (Å²) >= 11 is 0. The van der Waals surface area contributed by atoms with Gasteiger partial charge in [-0.3, -0.25) is 0 Å². The van der Waals surface area contributed by atoms with Crippen molar-refractivity contribution in [3.05, 3.63) is 29.3 Å². The molecule has 0 aliphatic heterocycles. The first-order valence-corrected chi connectivity index (χ1v) is 6.94. The van der Waals surface area contributed by atoms with E-state index >= 15 is 0 Å². The van der Waals surface area contributed by atoms with Crippen molar-refractivity contribution in [2.75, 3.05) is 11.9 Å². The number of anilines is 1. The molecular formula is C16H22N2. The summed E-state index contributed by atoms with van der Waals surface area (Å²) in [5, 5.41) is 12.7. The molecule has 1 aliphatic carbocycles. The Hall–Kier alpha value is -1.49. The van der Waals surface area contributed by atoms with E-state index in [1.165, 1.54) is 25.7 Å². The Kier molecular flexibility index (Phi) is 4.25. The van der Waals surface area contributed by atoms with Crippen molar-refractivity contribution in [2.24, 2.45) is 11.8 Å². The third-order valence-corrected chi connectivity index (χ3v) is 4.01. The van der Waals surface area contributed by atoms with Crippen LogP contribution in [-0.4, -0.2) is 6.54 Å². The van der Waals surface area contributed by atoms with Gasteiger partial charge in [-0.25, -0.2) is 0 Å². The molecule has 2 atom stereocenters. The maximum absolute atomic E-state index is 9.19. The average molecular weight is 242 g/mol. The first kappa shape index (κ1) is 13.0. The predicted molar refractivity (Wildman–Crippen MR) is 75.5 cm³/mol. The SMILES string of the molecule is Cc1cccc(NCC2CCCC(C)C2)c1C#N. The van der Waals surface area contributed by atoms with Crippen molar-refractivity contribution < 1.29 is 0 Å². The standard InChI is InChI=1S/C16H22N2/c1-12-5-3-7-14(9-12)11-18-16-8-4-6-13(2)15(16)10-17/h4,6,8,12,14,18H,3,5,7,9,11H2,1-2H3. The van der Waals surface area contributed by atoms with Crippen molar-refractivity contribution >= 4 is 5.69 Å². The van der Waals surface area contributed by atoms with Crippen LogP contribution in [0.1, 0.15) is 43.7 Å². The Morgan fingerprint density at radius 2 is 2.22 bits per heavy atom. The first-order valence-electron chi connectivity index (χ1n) is 6.94. The highest BCUT2D eigenvalue weighted by Crippen LogP contribution is 2.29. The molecule has 2 nitrogen and oxygen atoms in total. The molecule has 0 bridgehead atoms. The van der Waals surface area contributed by atoms with Crippen molar-refractivity contribution in [3.63, 3.8) is 0 Å². The normalized spacial score (nSPS) is 23.4. The minimum atomic E-state index is 0.765. The molecule has 1 aromatic carbocycles. The third kappa shape index (κ3) is 3.04. The van der Waals surface area contributed by atoms with Gasteiger partial charge in [-0.1, -0.05) is 31.9 Å². The average Bonchev–Trinajstić information content (AvgIpc) is 2.36. The molecule has 0 amide bonds. The van der Waals surface area contributed by atoms with E-state index in [0.717, 1.165) is 35.2 Å². The van der Waals surface area contributed by atoms with Crippen LogP contribution in [-0.2, 0) is 0 Å². The van der Waals surface area contributed by atoms with Gasteiger partial charge < -0.3 is 5.32 Å². The summed E-state index contributed by atoms with van der Waals surface area (Å²) in [6.45, 7) is 5.34. The molecular weight excluding hydrogens is 220 g/mol. The summed E-state index contributed by atoms with van der Waals surface area (Å²) in [4.78, 5) is 0. The lowest BCUT2D eigenvalue weighted by molar-refractivity contribution is 0.293. The van der Waals surface area contributed by atoms with Crippen LogP contribution in [0.5, 0.6) is 0 Å². The van der Waals surface area contributed by atoms with E-state index in [0.29, 0.717) is 0 Å². The molecule has 0 saturated heterocycles. The Labute approximate surface area is 110 Å². The lowest BCUT2D eigenvalue weighted by Crippen LogP contribution is -2.21. The fourth-order valence-electron chi connectivity index (χ4n) is 2.96. The van der Waals surface area contributed by atoms with Crippen LogP contribution in [0.4, 0.5) is 5.69 Å². The monoisotopic (exact) mass is 242 g/mol. The third-order valence-electron chi connectivity index (χ3n) is 4.01. The smallest absolute Gasteiger partial charge is 0.102 e. The number of nitrogens with one attached hydrogen (secondary N) is 1. The van der Waals surface area contributed by atoms with E-state index in [9.17, 15) is 5.26 Å². The molecule has 96 valence electrons. The van der Waals surface area contributed by atoms with E-state index in [-0.39, 0.29) is 0 Å². The lowest BCUT2D eigenvalue weighted by Gasteiger charge is -2.27. The Morgan fingerprint density at radius 3 is 2.94 bits per heavy atom. The van der Waals surface area contributed by atoms with Gasteiger partial charge in [0.2, 0.25) is 0 Å². The van der Waals surface area contributed by atoms with Gasteiger partial charge in [-0.15, -0.1) is 0 Å². The van der Waals surface area contributed by atoms with Crippen LogP contribution < -0.4 is 5.32 Å². The number of hydrogen-bond donors (Lipinski definition) is 1. The fourth-order valence-corrected chi connectivity index (χ4v) is 2.96. The van der Waals surface area contributed by atoms with E-state index in [1.54, 1.807) is 0 Å². The second-order valence-corrected chi connectivity index (χ2v) is 5.63. The topological polar surface area (TPSA) is 35.8 Å². The lowest BCUT2D eigenvalue weighted by atomic mass is 9.82. The van der Waals surface area contributed by atoms with E-state index in [1.807, 2.05) is 25.1 Å². The van der Waals surface area contributed by atoms with Gasteiger partial charge >= 0.3 is 0 Å². The molecule has 2 heteroatoms. The summed E-state index contributed by atoms with van der Waals surface area (Å²) in [6.07, 6.45) is 5.38. The van der Waals surface area contributed by atoms with Crippen LogP contribution in [0.15, 0.2) is 18.2 Å². The maximum Gasteiger partial charge on any atom is 0.102 e. The second-order valence-electron chi connectivity index (χ2n) is 5.63. The molecule has 1 saturated carbocycles. The van der Waals surface area contributed by atoms with Crippen molar-refractivity contribution in [1.29, 1.82) is 5.26 Å². The van der Waals surface area contributed by atoms with Crippen LogP contribution in [0.3, 0.4) is 0 Å². The molecule has 1 fully saturated rings. The molecule has 0 spiro atoms. The van der Waals surface area contributed by atoms with Crippen molar-refractivity contribution in [3.8, 4) is 6.07 Å². The van der Waals surface area contributed by atoms with Crippen LogP contribution in [0, 0.1) is 30.1 Å². The van der Waals surface area contributed by atoms with Gasteiger partial charge in [0.05, 0.1) is 11.3 Å². The second kappa shape index (κ2) is 5.91. The number of rotatable bonds is 3. The summed E-state index contributed by atoms with van der Waals surface area (Å²) < 4.78 is 0. The highest BCUT2D eigenvalue weighted by molar-refractivity contribution is 5.60. The minimum Gasteiger partial charge on any atom is -0.384 e.